The van der Waals surface area contributed by atoms with Crippen LogP contribution in [0, 0.1) is 11.8 Å². The molecular weight excluding hydrogens is 815 g/mol. The molecule has 2 atom stereocenters. The molecular formula is C52H68Cl2SiZr. The summed E-state index contributed by atoms with van der Waals surface area (Å²) in [5.74, 6) is 1.67. The third-order valence-electron chi connectivity index (χ3n) is 14.3. The predicted octanol–water partition coefficient (Wildman–Crippen LogP) is 15.6. The molecule has 4 heteroatoms. The van der Waals surface area contributed by atoms with Gasteiger partial charge < -0.3 is 0 Å². The van der Waals surface area contributed by atoms with E-state index < -0.39 is 17.4 Å². The van der Waals surface area contributed by atoms with Crippen LogP contribution in [0.1, 0.15) is 144 Å². The monoisotopic (exact) mass is 880 g/mol. The zero-order chi connectivity index (χ0) is 37.3. The van der Waals surface area contributed by atoms with Crippen LogP contribution in [0.5, 0.6) is 0 Å². The van der Waals surface area contributed by atoms with Gasteiger partial charge in [0.2, 0.25) is 0 Å². The van der Waals surface area contributed by atoms with E-state index in [4.69, 9.17) is 0 Å². The molecule has 56 heavy (non-hydrogen) atoms. The summed E-state index contributed by atoms with van der Waals surface area (Å²) in [6.07, 6.45) is 27.0. The maximum absolute atomic E-state index is 3.82. The van der Waals surface area contributed by atoms with Gasteiger partial charge in [-0.1, -0.05) is 0 Å². The Balaban J connectivity index is 0.00000266. The first kappa shape index (κ1) is 43.6. The molecule has 0 spiro atoms. The van der Waals surface area contributed by atoms with Crippen molar-refractivity contribution in [1.29, 1.82) is 0 Å². The number of hydrogen-bond donors (Lipinski definition) is 0. The maximum atomic E-state index is 2.90. The Labute approximate surface area is 355 Å². The second kappa shape index (κ2) is 18.5. The zero-order valence-corrected chi connectivity index (χ0v) is 40.4. The van der Waals surface area contributed by atoms with E-state index in [0.717, 1.165) is 24.7 Å². The van der Waals surface area contributed by atoms with E-state index in [1.807, 2.05) is 0 Å². The van der Waals surface area contributed by atoms with Gasteiger partial charge in [0.15, 0.2) is 0 Å². The molecule has 298 valence electrons. The Bertz CT molecular complexity index is 1940. The molecule has 0 N–H and O–H groups in total. The van der Waals surface area contributed by atoms with Crippen LogP contribution in [0.3, 0.4) is 0 Å². The van der Waals surface area contributed by atoms with Crippen LogP contribution < -0.4 is 0 Å². The van der Waals surface area contributed by atoms with Crippen LogP contribution in [0.4, 0.5) is 0 Å². The van der Waals surface area contributed by atoms with Crippen molar-refractivity contribution < 1.29 is 17.4 Å². The molecule has 4 aromatic carbocycles. The number of hydrogen-bond acceptors (Lipinski definition) is 0. The van der Waals surface area contributed by atoms with E-state index in [-0.39, 0.29) is 24.8 Å². The summed E-state index contributed by atoms with van der Waals surface area (Å²) in [6.45, 7) is 7.15. The quantitative estimate of drug-likeness (QED) is 0.124. The molecule has 4 aliphatic carbocycles. The van der Waals surface area contributed by atoms with Gasteiger partial charge in [0.05, 0.1) is 0 Å². The molecule has 0 radical (unpaired) electrons. The van der Waals surface area contributed by atoms with Gasteiger partial charge >= 0.3 is 333 Å². The molecule has 0 aliphatic heterocycles. The van der Waals surface area contributed by atoms with Crippen LogP contribution in [0.2, 0.25) is 9.26 Å². The maximum Gasteiger partial charge on any atom is -0.147 e. The summed E-state index contributed by atoms with van der Waals surface area (Å²) >= 11 is -3.82. The SMILES string of the molecule is CCCc1ccc(-c2cccc3c2C=C(CC2CCCCC2)[CH]3[Zr]([CH3])([CH3])(=[SiH2])[CH]2C(CC3CCCCC3)=Cc3c(-c4ccc(CCC)cc4)cccc32)cc1.Cl.Cl. The van der Waals surface area contributed by atoms with E-state index >= 15 is 0 Å². The average Bonchev–Trinajstić information content (AvgIpc) is 3.76. The topological polar surface area (TPSA) is 0 Å². The predicted molar refractivity (Wildman–Crippen MR) is 250 cm³/mol. The molecule has 8 rings (SSSR count). The second-order valence-electron chi connectivity index (χ2n) is 19.2. The summed E-state index contributed by atoms with van der Waals surface area (Å²) < 4.78 is 6.95. The van der Waals surface area contributed by atoms with Crippen LogP contribution in [0.25, 0.3) is 34.4 Å². The number of rotatable bonds is 12. The van der Waals surface area contributed by atoms with Gasteiger partial charge in [-0.2, -0.15) is 0 Å². The van der Waals surface area contributed by atoms with E-state index in [1.54, 1.807) is 33.4 Å². The van der Waals surface area contributed by atoms with Gasteiger partial charge in [-0.05, 0) is 0 Å². The van der Waals surface area contributed by atoms with Gasteiger partial charge in [-0.15, -0.1) is 24.8 Å². The van der Waals surface area contributed by atoms with Crippen molar-refractivity contribution in [3.63, 3.8) is 0 Å². The summed E-state index contributed by atoms with van der Waals surface area (Å²) in [6, 6.07) is 34.0. The van der Waals surface area contributed by atoms with Crippen LogP contribution in [0.15, 0.2) is 96.1 Å². The summed E-state index contributed by atoms with van der Waals surface area (Å²) in [7, 11) is 0. The van der Waals surface area contributed by atoms with Crippen LogP contribution in [-0.4, -0.2) is 6.88 Å². The molecule has 2 fully saturated rings. The number of allylic oxidation sites excluding steroid dienone is 2. The van der Waals surface area contributed by atoms with Crippen molar-refractivity contribution in [2.24, 2.45) is 11.8 Å². The fourth-order valence-electron chi connectivity index (χ4n) is 11.9. The van der Waals surface area contributed by atoms with Gasteiger partial charge in [0.1, 0.15) is 0 Å². The number of fused-ring (bicyclic) bond motifs is 2. The number of benzene rings is 4. The van der Waals surface area contributed by atoms with Gasteiger partial charge in [0, 0.05) is 0 Å². The van der Waals surface area contributed by atoms with Crippen molar-refractivity contribution in [3.05, 3.63) is 129 Å². The van der Waals surface area contributed by atoms with Gasteiger partial charge in [-0.25, -0.2) is 0 Å². The Hall–Kier alpha value is -1.96. The van der Waals surface area contributed by atoms with Crippen LogP contribution in [-0.2, 0) is 30.2 Å². The third-order valence-corrected chi connectivity index (χ3v) is 31.8. The Morgan fingerprint density at radius 2 is 0.893 bits per heavy atom. The van der Waals surface area contributed by atoms with Crippen molar-refractivity contribution in [1.82, 2.24) is 0 Å². The molecule has 0 heterocycles. The van der Waals surface area contributed by atoms with Gasteiger partial charge in [-0.3, -0.25) is 0 Å². The van der Waals surface area contributed by atoms with E-state index in [1.165, 1.54) is 123 Å². The fraction of sp³-hybridized carbons (Fsp3) is 0.462. The van der Waals surface area contributed by atoms with E-state index in [2.05, 4.69) is 127 Å². The molecule has 4 aromatic rings. The first-order chi connectivity index (χ1) is 26.2. The molecule has 0 saturated heterocycles. The Morgan fingerprint density at radius 1 is 0.518 bits per heavy atom. The Kier molecular flexibility index (Phi) is 14.4. The second-order valence-corrected chi connectivity index (χ2v) is 49.6. The zero-order valence-electron chi connectivity index (χ0n) is 34.9. The molecule has 0 aromatic heterocycles. The Morgan fingerprint density at radius 3 is 1.25 bits per heavy atom. The standard InChI is InChI=1S/2C25H29.2CH3.2ClH.H2Si.Zr/c2*1-2-7-19-12-14-22(15-13-19)24-11-6-10-23-17-21(18-25(23)24)16-20-8-4-3-5-9-20;;;;;;/h2*6,10-15,17-18,20H,2-5,7-9,16H2,1H3;2*1H3;2*1H;1H2;. The van der Waals surface area contributed by atoms with E-state index in [0.29, 0.717) is 7.25 Å². The van der Waals surface area contributed by atoms with Gasteiger partial charge in [0.25, 0.3) is 0 Å². The van der Waals surface area contributed by atoms with Crippen molar-refractivity contribution >= 4 is 43.8 Å². The molecule has 0 bridgehead atoms. The summed E-state index contributed by atoms with van der Waals surface area (Å²) in [4.78, 5) is 0. The minimum Gasteiger partial charge on any atom is -0.147 e. The number of aryl methyl sites for hydroxylation is 2. The largest absolute Gasteiger partial charge is 0.147 e. The van der Waals surface area contributed by atoms with Crippen LogP contribution >= 0.6 is 24.8 Å². The summed E-state index contributed by atoms with van der Waals surface area (Å²) in [5, 5.41) is 0. The third kappa shape index (κ3) is 8.81. The molecule has 0 nitrogen and oxygen atoms in total. The smallest absolute Gasteiger partial charge is 0.147 e. The van der Waals surface area contributed by atoms with Crippen molar-refractivity contribution in [3.8, 4) is 22.3 Å². The first-order valence-electron chi connectivity index (χ1n) is 22.1. The average molecular weight is 883 g/mol. The molecule has 4 aliphatic rings. The minimum absolute atomic E-state index is 0. The molecule has 2 unspecified atom stereocenters. The number of halogens is 2. The first-order valence-corrected chi connectivity index (χ1v) is 35.8. The molecule has 0 amide bonds. The fourth-order valence-corrected chi connectivity index (χ4v) is 31.7. The minimum atomic E-state index is -3.82. The molecule has 2 saturated carbocycles. The van der Waals surface area contributed by atoms with E-state index in [9.17, 15) is 0 Å². The van der Waals surface area contributed by atoms with Crippen molar-refractivity contribution in [2.75, 3.05) is 0 Å². The normalized spacial score (nSPS) is 20.0. The van der Waals surface area contributed by atoms with Crippen molar-refractivity contribution in [2.45, 2.75) is 133 Å². The summed E-state index contributed by atoms with van der Waals surface area (Å²) in [5.41, 5.74) is 18.6.